The van der Waals surface area contributed by atoms with Crippen LogP contribution >= 0.6 is 0 Å². The molecule has 2 N–H and O–H groups in total. The van der Waals surface area contributed by atoms with E-state index in [1.807, 2.05) is 26.2 Å². The van der Waals surface area contributed by atoms with Crippen molar-refractivity contribution in [1.82, 2.24) is 0 Å². The van der Waals surface area contributed by atoms with Gasteiger partial charge in [-0.25, -0.2) is 0 Å². The lowest BCUT2D eigenvalue weighted by Crippen LogP contribution is -2.55. The van der Waals surface area contributed by atoms with Crippen molar-refractivity contribution in [2.24, 2.45) is 0 Å². The summed E-state index contributed by atoms with van der Waals surface area (Å²) in [4.78, 5) is 21.9. The minimum Gasteiger partial charge on any atom is -0.428 e. The summed E-state index contributed by atoms with van der Waals surface area (Å²) in [6.45, 7) is 16.8. The fourth-order valence-corrected chi connectivity index (χ4v) is 8.35. The molecule has 0 atom stereocenters. The Morgan fingerprint density at radius 3 is 1.00 bits per heavy atom. The first kappa shape index (κ1) is 19.6. The van der Waals surface area contributed by atoms with Crippen LogP contribution in [0.25, 0.3) is 0 Å². The Kier molecular flexibility index (Phi) is 6.24. The standard InChI is InChI=1S/C18H34O2Si2/c1-9-13-14(10-2)17(21(5,6)19)16(12-4)18(15(13)11-3)22(7,8)20/h19-20H,9-12H2,1-8H3. The summed E-state index contributed by atoms with van der Waals surface area (Å²) >= 11 is 0. The molecule has 0 aliphatic heterocycles. The van der Waals surface area contributed by atoms with E-state index in [9.17, 15) is 9.59 Å². The molecule has 0 amide bonds. The molecule has 0 saturated carbocycles. The third-order valence-corrected chi connectivity index (χ3v) is 8.23. The molecular weight excluding hydrogens is 304 g/mol. The Balaban J connectivity index is 4.08. The first-order chi connectivity index (χ1) is 10.0. The van der Waals surface area contributed by atoms with Gasteiger partial charge in [-0.15, -0.1) is 0 Å². The number of hydrogen-bond donors (Lipinski definition) is 2. The zero-order chi connectivity index (χ0) is 17.3. The topological polar surface area (TPSA) is 40.5 Å². The van der Waals surface area contributed by atoms with Crippen LogP contribution in [0.3, 0.4) is 0 Å². The lowest BCUT2D eigenvalue weighted by Gasteiger charge is -2.33. The van der Waals surface area contributed by atoms with Crippen LogP contribution in [0, 0.1) is 0 Å². The number of rotatable bonds is 6. The van der Waals surface area contributed by atoms with E-state index in [0.717, 1.165) is 25.7 Å². The van der Waals surface area contributed by atoms with Crippen LogP contribution in [0.2, 0.25) is 26.2 Å². The van der Waals surface area contributed by atoms with Crippen molar-refractivity contribution in [3.8, 4) is 0 Å². The van der Waals surface area contributed by atoms with Gasteiger partial charge < -0.3 is 9.59 Å². The van der Waals surface area contributed by atoms with Crippen molar-refractivity contribution in [2.75, 3.05) is 0 Å². The fourth-order valence-electron chi connectivity index (χ4n) is 4.01. The second kappa shape index (κ2) is 6.99. The molecule has 1 aromatic rings. The predicted octanol–water partition coefficient (Wildman–Crippen LogP) is 2.75. The average Bonchev–Trinajstić information content (AvgIpc) is 2.41. The normalized spacial score (nSPS) is 12.8. The maximum Gasteiger partial charge on any atom is 0.214 e. The Labute approximate surface area is 138 Å². The number of benzene rings is 1. The van der Waals surface area contributed by atoms with Crippen LogP contribution in [0.4, 0.5) is 0 Å². The molecule has 0 saturated heterocycles. The zero-order valence-corrected chi connectivity index (χ0v) is 17.7. The van der Waals surface area contributed by atoms with Gasteiger partial charge in [-0.3, -0.25) is 0 Å². The maximum atomic E-state index is 11.0. The smallest absolute Gasteiger partial charge is 0.214 e. The van der Waals surface area contributed by atoms with E-state index in [-0.39, 0.29) is 0 Å². The van der Waals surface area contributed by atoms with E-state index in [1.54, 1.807) is 0 Å². The Morgan fingerprint density at radius 2 is 0.818 bits per heavy atom. The van der Waals surface area contributed by atoms with Crippen LogP contribution in [-0.4, -0.2) is 26.2 Å². The van der Waals surface area contributed by atoms with E-state index in [1.165, 1.54) is 32.6 Å². The van der Waals surface area contributed by atoms with Crippen molar-refractivity contribution in [3.63, 3.8) is 0 Å². The van der Waals surface area contributed by atoms with Crippen molar-refractivity contribution >= 4 is 27.0 Å². The molecule has 0 unspecified atom stereocenters. The van der Waals surface area contributed by atoms with Gasteiger partial charge in [0.1, 0.15) is 0 Å². The second-order valence-corrected chi connectivity index (χ2v) is 14.4. The monoisotopic (exact) mass is 338 g/mol. The van der Waals surface area contributed by atoms with Gasteiger partial charge in [-0.2, -0.15) is 0 Å². The first-order valence-electron chi connectivity index (χ1n) is 8.69. The SMILES string of the molecule is CCc1c(CC)c([Si](C)(C)O)c(CC)c([Si](C)(C)O)c1CC. The Hall–Kier alpha value is -0.426. The van der Waals surface area contributed by atoms with Crippen LogP contribution < -0.4 is 10.4 Å². The third kappa shape index (κ3) is 3.56. The molecule has 4 heteroatoms. The summed E-state index contributed by atoms with van der Waals surface area (Å²) in [5.41, 5.74) is 5.36. The highest BCUT2D eigenvalue weighted by Crippen LogP contribution is 2.23. The van der Waals surface area contributed by atoms with Gasteiger partial charge in [0, 0.05) is 0 Å². The third-order valence-electron chi connectivity index (χ3n) is 4.57. The van der Waals surface area contributed by atoms with Gasteiger partial charge in [-0.05, 0) is 84.5 Å². The van der Waals surface area contributed by atoms with Gasteiger partial charge in [0.15, 0.2) is 0 Å². The first-order valence-corrected chi connectivity index (χ1v) is 14.6. The largest absolute Gasteiger partial charge is 0.428 e. The summed E-state index contributed by atoms with van der Waals surface area (Å²) < 4.78 is 0. The molecular formula is C18H34O2Si2. The van der Waals surface area contributed by atoms with E-state index in [0.29, 0.717) is 0 Å². The minimum atomic E-state index is -2.45. The lowest BCUT2D eigenvalue weighted by molar-refractivity contribution is 0.565. The summed E-state index contributed by atoms with van der Waals surface area (Å²) in [6.07, 6.45) is 3.79. The molecule has 2 nitrogen and oxygen atoms in total. The minimum absolute atomic E-state index is 0.892. The molecule has 0 spiro atoms. The summed E-state index contributed by atoms with van der Waals surface area (Å²) in [5.74, 6) is 0. The van der Waals surface area contributed by atoms with Crippen LogP contribution in [0.15, 0.2) is 0 Å². The van der Waals surface area contributed by atoms with Gasteiger partial charge in [0.25, 0.3) is 0 Å². The molecule has 0 radical (unpaired) electrons. The van der Waals surface area contributed by atoms with Crippen molar-refractivity contribution in [1.29, 1.82) is 0 Å². The summed E-state index contributed by atoms with van der Waals surface area (Å²) in [6, 6.07) is 0. The Bertz CT molecular complexity index is 494. The average molecular weight is 339 g/mol. The molecule has 0 heterocycles. The number of hydrogen-bond acceptors (Lipinski definition) is 2. The van der Waals surface area contributed by atoms with Crippen molar-refractivity contribution in [2.45, 2.75) is 79.6 Å². The molecule has 126 valence electrons. The molecule has 1 rings (SSSR count). The predicted molar refractivity (Wildman–Crippen MR) is 103 cm³/mol. The van der Waals surface area contributed by atoms with E-state index >= 15 is 0 Å². The zero-order valence-electron chi connectivity index (χ0n) is 15.7. The fraction of sp³-hybridized carbons (Fsp3) is 0.667. The van der Waals surface area contributed by atoms with Gasteiger partial charge >= 0.3 is 0 Å². The van der Waals surface area contributed by atoms with E-state index in [4.69, 9.17) is 0 Å². The van der Waals surface area contributed by atoms with Gasteiger partial charge in [-0.1, -0.05) is 27.7 Å². The molecule has 0 aliphatic rings. The van der Waals surface area contributed by atoms with E-state index < -0.39 is 16.6 Å². The molecule has 0 bridgehead atoms. The Morgan fingerprint density at radius 1 is 0.545 bits per heavy atom. The lowest BCUT2D eigenvalue weighted by atomic mass is 9.91. The highest BCUT2D eigenvalue weighted by molar-refractivity contribution is 6.87. The molecule has 1 aromatic carbocycles. The van der Waals surface area contributed by atoms with Crippen molar-refractivity contribution < 1.29 is 9.59 Å². The van der Waals surface area contributed by atoms with Crippen LogP contribution in [0.1, 0.15) is 49.9 Å². The van der Waals surface area contributed by atoms with E-state index in [2.05, 4.69) is 27.7 Å². The van der Waals surface area contributed by atoms with Gasteiger partial charge in [0.2, 0.25) is 16.6 Å². The molecule has 22 heavy (non-hydrogen) atoms. The quantitative estimate of drug-likeness (QED) is 0.783. The summed E-state index contributed by atoms with van der Waals surface area (Å²) in [5, 5.41) is 2.41. The van der Waals surface area contributed by atoms with Crippen LogP contribution in [0.5, 0.6) is 0 Å². The van der Waals surface area contributed by atoms with Crippen molar-refractivity contribution in [3.05, 3.63) is 22.3 Å². The molecule has 0 fully saturated rings. The van der Waals surface area contributed by atoms with Gasteiger partial charge in [0.05, 0.1) is 0 Å². The molecule has 0 aromatic heterocycles. The molecule has 0 aliphatic carbocycles. The highest BCUT2D eigenvalue weighted by Gasteiger charge is 2.35. The summed E-state index contributed by atoms with van der Waals surface area (Å²) in [7, 11) is -4.89. The second-order valence-electron chi connectivity index (χ2n) is 7.20. The highest BCUT2D eigenvalue weighted by atomic mass is 28.4. The van der Waals surface area contributed by atoms with Crippen LogP contribution in [-0.2, 0) is 25.7 Å². The maximum absolute atomic E-state index is 11.0.